The van der Waals surface area contributed by atoms with Crippen LogP contribution in [0.5, 0.6) is 23.0 Å². The minimum atomic E-state index is -0.365. The van der Waals surface area contributed by atoms with Crippen molar-refractivity contribution in [2.45, 2.75) is 0 Å². The van der Waals surface area contributed by atoms with Crippen molar-refractivity contribution in [3.05, 3.63) is 89.0 Å². The molecule has 4 aromatic rings. The number of benzene rings is 4. The molecule has 5 heteroatoms. The van der Waals surface area contributed by atoms with E-state index in [4.69, 9.17) is 9.47 Å². The number of nitrogens with zero attached hydrogens (tertiary/aromatic N) is 1. The lowest BCUT2D eigenvalue weighted by atomic mass is 9.95. The number of fused-ring (bicyclic) bond motifs is 4. The zero-order valence-corrected chi connectivity index (χ0v) is 14.1. The maximum absolute atomic E-state index is 11.5. The minimum absolute atomic E-state index is 0.0553. The van der Waals surface area contributed by atoms with Gasteiger partial charge in [-0.2, -0.15) is 0 Å². The van der Waals surface area contributed by atoms with Gasteiger partial charge in [-0.25, -0.2) is 0 Å². The summed E-state index contributed by atoms with van der Waals surface area (Å²) >= 11 is 0. The highest BCUT2D eigenvalue weighted by molar-refractivity contribution is 6.04. The smallest absolute Gasteiger partial charge is 0.277 e. The summed E-state index contributed by atoms with van der Waals surface area (Å²) in [5.41, 5.74) is 1.34. The van der Waals surface area contributed by atoms with Gasteiger partial charge in [-0.15, -0.1) is 0 Å². The lowest BCUT2D eigenvalue weighted by molar-refractivity contribution is -0.384. The van der Waals surface area contributed by atoms with E-state index >= 15 is 0 Å². The molecule has 0 aliphatic carbocycles. The first-order chi connectivity index (χ1) is 13.2. The first-order valence-corrected chi connectivity index (χ1v) is 8.46. The summed E-state index contributed by atoms with van der Waals surface area (Å²) in [6, 6.07) is 23.7. The Bertz CT molecular complexity index is 1220. The normalized spacial score (nSPS) is 11.9. The number of rotatable bonds is 2. The average Bonchev–Trinajstić information content (AvgIpc) is 2.72. The highest BCUT2D eigenvalue weighted by Gasteiger charge is 2.25. The number of nitro benzene ring substituents is 1. The van der Waals surface area contributed by atoms with Gasteiger partial charge in [0.05, 0.1) is 10.5 Å². The third-order valence-electron chi connectivity index (χ3n) is 4.63. The zero-order valence-electron chi connectivity index (χ0n) is 14.1. The third-order valence-corrected chi connectivity index (χ3v) is 4.63. The van der Waals surface area contributed by atoms with E-state index in [1.54, 1.807) is 18.2 Å². The lowest BCUT2D eigenvalue weighted by Crippen LogP contribution is -2.00. The number of hydrogen-bond acceptors (Lipinski definition) is 4. The second kappa shape index (κ2) is 5.85. The van der Waals surface area contributed by atoms with Crippen molar-refractivity contribution in [1.29, 1.82) is 0 Å². The molecule has 5 nitrogen and oxygen atoms in total. The Labute approximate surface area is 154 Å². The molecule has 1 aliphatic heterocycles. The molecule has 130 valence electrons. The van der Waals surface area contributed by atoms with Crippen LogP contribution in [0.4, 0.5) is 5.69 Å². The molecule has 0 unspecified atom stereocenters. The molecule has 0 radical (unpaired) electrons. The molecule has 4 aromatic carbocycles. The van der Waals surface area contributed by atoms with Gasteiger partial charge in [-0.3, -0.25) is 10.1 Å². The Balaban J connectivity index is 1.81. The Morgan fingerprint density at radius 2 is 1.30 bits per heavy atom. The summed E-state index contributed by atoms with van der Waals surface area (Å²) in [6.07, 6.45) is 0. The Morgan fingerprint density at radius 1 is 0.667 bits per heavy atom. The van der Waals surface area contributed by atoms with Gasteiger partial charge in [-0.1, -0.05) is 48.5 Å². The van der Waals surface area contributed by atoms with Crippen LogP contribution in [0.3, 0.4) is 0 Å². The number of ether oxygens (including phenoxy) is 2. The highest BCUT2D eigenvalue weighted by Crippen LogP contribution is 2.51. The molecule has 27 heavy (non-hydrogen) atoms. The fourth-order valence-electron chi connectivity index (χ4n) is 3.43. The Hall–Kier alpha value is -3.86. The number of hydrogen-bond donors (Lipinski definition) is 0. The molecule has 0 spiro atoms. The summed E-state index contributed by atoms with van der Waals surface area (Å²) in [7, 11) is 0. The van der Waals surface area contributed by atoms with Crippen LogP contribution >= 0.6 is 0 Å². The summed E-state index contributed by atoms with van der Waals surface area (Å²) in [5.74, 6) is 2.43. The van der Waals surface area contributed by atoms with Crippen LogP contribution in [-0.4, -0.2) is 4.92 Å². The quantitative estimate of drug-likeness (QED) is 0.275. The SMILES string of the molecule is O=[N+]([O-])c1ccccc1-c1cc2c(c3ccccc13)Oc1ccccc1O2. The summed E-state index contributed by atoms with van der Waals surface area (Å²) in [5, 5.41) is 13.2. The fraction of sp³-hybridized carbons (Fsp3) is 0. The van der Waals surface area contributed by atoms with Gasteiger partial charge in [0.25, 0.3) is 5.69 Å². The Morgan fingerprint density at radius 3 is 2.07 bits per heavy atom. The van der Waals surface area contributed by atoms with Crippen molar-refractivity contribution < 1.29 is 14.4 Å². The maximum atomic E-state index is 11.5. The summed E-state index contributed by atoms with van der Waals surface area (Å²) < 4.78 is 12.2. The van der Waals surface area contributed by atoms with Crippen LogP contribution in [0.25, 0.3) is 21.9 Å². The fourth-order valence-corrected chi connectivity index (χ4v) is 3.43. The average molecular weight is 355 g/mol. The molecule has 0 amide bonds. The first-order valence-electron chi connectivity index (χ1n) is 8.46. The van der Waals surface area contributed by atoms with Crippen LogP contribution < -0.4 is 9.47 Å². The third kappa shape index (κ3) is 2.40. The van der Waals surface area contributed by atoms with Crippen LogP contribution in [0.15, 0.2) is 78.9 Å². The molecule has 0 fully saturated rings. The summed E-state index contributed by atoms with van der Waals surface area (Å²) in [6.45, 7) is 0. The van der Waals surface area contributed by atoms with E-state index in [1.165, 1.54) is 6.07 Å². The molecule has 0 saturated heterocycles. The van der Waals surface area contributed by atoms with Gasteiger partial charge >= 0.3 is 0 Å². The maximum Gasteiger partial charge on any atom is 0.277 e. The predicted molar refractivity (Wildman–Crippen MR) is 103 cm³/mol. The Kier molecular flexibility index (Phi) is 3.33. The zero-order chi connectivity index (χ0) is 18.4. The standard InChI is InChI=1S/C22H13NO4/c24-23(25)18-10-4-3-8-15(18)17-13-21-22(16-9-2-1-7-14(16)17)27-20-12-6-5-11-19(20)26-21/h1-13H. The molecule has 0 aromatic heterocycles. The number of para-hydroxylation sites is 3. The van der Waals surface area contributed by atoms with E-state index in [0.717, 1.165) is 16.3 Å². The number of nitro groups is 1. The van der Waals surface area contributed by atoms with E-state index in [0.29, 0.717) is 28.6 Å². The van der Waals surface area contributed by atoms with E-state index in [1.807, 2.05) is 54.6 Å². The highest BCUT2D eigenvalue weighted by atomic mass is 16.6. The molecule has 0 saturated carbocycles. The lowest BCUT2D eigenvalue weighted by Gasteiger charge is -2.23. The van der Waals surface area contributed by atoms with Crippen LogP contribution in [0, 0.1) is 10.1 Å². The van der Waals surface area contributed by atoms with Crippen molar-refractivity contribution in [3.8, 4) is 34.1 Å². The van der Waals surface area contributed by atoms with Crippen molar-refractivity contribution in [2.75, 3.05) is 0 Å². The van der Waals surface area contributed by atoms with Crippen molar-refractivity contribution in [1.82, 2.24) is 0 Å². The molecular formula is C22H13NO4. The van der Waals surface area contributed by atoms with E-state index in [2.05, 4.69) is 0 Å². The monoisotopic (exact) mass is 355 g/mol. The van der Waals surface area contributed by atoms with Gasteiger partial charge in [0.2, 0.25) is 0 Å². The second-order valence-corrected chi connectivity index (χ2v) is 6.22. The second-order valence-electron chi connectivity index (χ2n) is 6.22. The van der Waals surface area contributed by atoms with E-state index in [-0.39, 0.29) is 10.6 Å². The first kappa shape index (κ1) is 15.4. The van der Waals surface area contributed by atoms with Gasteiger partial charge in [0, 0.05) is 17.0 Å². The molecule has 1 aliphatic rings. The molecule has 0 N–H and O–H groups in total. The van der Waals surface area contributed by atoms with Crippen LogP contribution in [-0.2, 0) is 0 Å². The van der Waals surface area contributed by atoms with E-state index < -0.39 is 0 Å². The van der Waals surface area contributed by atoms with Crippen molar-refractivity contribution in [3.63, 3.8) is 0 Å². The van der Waals surface area contributed by atoms with Gasteiger partial charge in [-0.05, 0) is 29.7 Å². The topological polar surface area (TPSA) is 61.6 Å². The molecule has 1 heterocycles. The molecule has 5 rings (SSSR count). The van der Waals surface area contributed by atoms with E-state index in [9.17, 15) is 10.1 Å². The van der Waals surface area contributed by atoms with Crippen LogP contribution in [0.2, 0.25) is 0 Å². The van der Waals surface area contributed by atoms with Gasteiger partial charge in [0.1, 0.15) is 0 Å². The molecule has 0 bridgehead atoms. The van der Waals surface area contributed by atoms with Crippen molar-refractivity contribution in [2.24, 2.45) is 0 Å². The van der Waals surface area contributed by atoms with Gasteiger partial charge < -0.3 is 9.47 Å². The molecule has 0 atom stereocenters. The predicted octanol–water partition coefficient (Wildman–Crippen LogP) is 6.31. The summed E-state index contributed by atoms with van der Waals surface area (Å²) in [4.78, 5) is 11.2. The van der Waals surface area contributed by atoms with Crippen molar-refractivity contribution >= 4 is 16.5 Å². The minimum Gasteiger partial charge on any atom is -0.449 e. The molecular weight excluding hydrogens is 342 g/mol. The van der Waals surface area contributed by atoms with Crippen LogP contribution in [0.1, 0.15) is 0 Å². The largest absolute Gasteiger partial charge is 0.449 e. The van der Waals surface area contributed by atoms with Gasteiger partial charge in [0.15, 0.2) is 23.0 Å².